The summed E-state index contributed by atoms with van der Waals surface area (Å²) in [7, 11) is 0. The summed E-state index contributed by atoms with van der Waals surface area (Å²) in [4.78, 5) is 4.75. The third kappa shape index (κ3) is 5.11. The highest BCUT2D eigenvalue weighted by atomic mass is 35.5. The summed E-state index contributed by atoms with van der Waals surface area (Å²) >= 11 is 9.54. The Bertz CT molecular complexity index is 1160. The van der Waals surface area contributed by atoms with E-state index < -0.39 is 0 Å². The van der Waals surface area contributed by atoms with E-state index in [1.165, 1.54) is 5.56 Å². The van der Waals surface area contributed by atoms with Gasteiger partial charge in [0.05, 0.1) is 10.7 Å². The van der Waals surface area contributed by atoms with Crippen molar-refractivity contribution in [2.75, 3.05) is 0 Å². The molecule has 0 saturated heterocycles. The summed E-state index contributed by atoms with van der Waals surface area (Å²) in [6.07, 6.45) is -0.199. The molecule has 0 aliphatic carbocycles. The minimum Gasteiger partial charge on any atom is -0.483 e. The predicted molar refractivity (Wildman–Crippen MR) is 128 cm³/mol. The lowest BCUT2D eigenvalue weighted by Gasteiger charge is -2.15. The molecule has 0 fully saturated rings. The van der Waals surface area contributed by atoms with E-state index in [1.807, 2.05) is 55.5 Å². The monoisotopic (exact) mass is 470 g/mol. The van der Waals surface area contributed by atoms with Gasteiger partial charge in [0.1, 0.15) is 10.8 Å². The number of ether oxygens (including phenoxy) is 1. The zero-order valence-electron chi connectivity index (χ0n) is 17.6. The van der Waals surface area contributed by atoms with Crippen LogP contribution in [0.2, 0.25) is 5.02 Å². The van der Waals surface area contributed by atoms with E-state index >= 15 is 0 Å². The molecule has 0 amide bonds. The molecule has 5 nitrogen and oxygen atoms in total. The fourth-order valence-corrected chi connectivity index (χ4v) is 5.30. The van der Waals surface area contributed by atoms with Crippen LogP contribution in [0.5, 0.6) is 5.75 Å². The number of aromatic nitrogens is 4. The quantitative estimate of drug-likeness (QED) is 0.264. The van der Waals surface area contributed by atoms with Crippen LogP contribution in [0.1, 0.15) is 37.0 Å². The average molecular weight is 471 g/mol. The van der Waals surface area contributed by atoms with Crippen LogP contribution in [0, 0.1) is 6.92 Å². The maximum Gasteiger partial charge on any atom is 0.191 e. The molecule has 2 heterocycles. The predicted octanol–water partition coefficient (Wildman–Crippen LogP) is 6.82. The van der Waals surface area contributed by atoms with Crippen molar-refractivity contribution in [3.8, 4) is 16.3 Å². The van der Waals surface area contributed by atoms with Gasteiger partial charge in [0.25, 0.3) is 0 Å². The normalized spacial score (nSPS) is 12.1. The van der Waals surface area contributed by atoms with Gasteiger partial charge in [-0.2, -0.15) is 0 Å². The van der Waals surface area contributed by atoms with Gasteiger partial charge in [-0.3, -0.25) is 0 Å². The third-order valence-corrected chi connectivity index (χ3v) is 7.02. The van der Waals surface area contributed by atoms with Gasteiger partial charge in [0.2, 0.25) is 0 Å². The van der Waals surface area contributed by atoms with Crippen LogP contribution in [-0.2, 0) is 12.3 Å². The number of nitrogens with zero attached hydrogens (tertiary/aromatic N) is 4. The van der Waals surface area contributed by atoms with Gasteiger partial charge in [0.15, 0.2) is 17.1 Å². The second-order valence-electron chi connectivity index (χ2n) is 7.07. The smallest absolute Gasteiger partial charge is 0.191 e. The van der Waals surface area contributed by atoms with Gasteiger partial charge in [0, 0.05) is 23.2 Å². The lowest BCUT2D eigenvalue weighted by atomic mass is 10.2. The highest BCUT2D eigenvalue weighted by Crippen LogP contribution is 2.32. The van der Waals surface area contributed by atoms with E-state index in [4.69, 9.17) is 21.3 Å². The van der Waals surface area contributed by atoms with Crippen LogP contribution in [0.15, 0.2) is 59.1 Å². The molecule has 160 valence electrons. The molecule has 1 atom stereocenters. The van der Waals surface area contributed by atoms with E-state index in [9.17, 15) is 0 Å². The molecule has 0 radical (unpaired) electrons. The molecule has 0 saturated carbocycles. The van der Waals surface area contributed by atoms with Crippen LogP contribution in [0.3, 0.4) is 0 Å². The molecule has 4 aromatic rings. The molecule has 4 rings (SSSR count). The van der Waals surface area contributed by atoms with Crippen LogP contribution in [-0.4, -0.2) is 19.7 Å². The van der Waals surface area contributed by atoms with Crippen LogP contribution in [0.25, 0.3) is 10.6 Å². The molecule has 8 heteroatoms. The lowest BCUT2D eigenvalue weighted by Crippen LogP contribution is -2.12. The first-order chi connectivity index (χ1) is 15.0. The Hall–Kier alpha value is -2.35. The van der Waals surface area contributed by atoms with E-state index in [1.54, 1.807) is 23.1 Å². The van der Waals surface area contributed by atoms with Gasteiger partial charge in [-0.05, 0) is 39.0 Å². The second-order valence-corrected chi connectivity index (χ2v) is 9.28. The minimum absolute atomic E-state index is 0.199. The summed E-state index contributed by atoms with van der Waals surface area (Å²) < 4.78 is 8.18. The van der Waals surface area contributed by atoms with Crippen LogP contribution < -0.4 is 4.74 Å². The molecule has 2 aromatic carbocycles. The van der Waals surface area contributed by atoms with Crippen molar-refractivity contribution in [2.24, 2.45) is 0 Å². The highest BCUT2D eigenvalue weighted by Gasteiger charge is 2.19. The van der Waals surface area contributed by atoms with Gasteiger partial charge in [-0.25, -0.2) is 4.98 Å². The molecular weight excluding hydrogens is 448 g/mol. The van der Waals surface area contributed by atoms with Crippen molar-refractivity contribution in [1.29, 1.82) is 0 Å². The Morgan fingerprint density at radius 3 is 2.65 bits per heavy atom. The van der Waals surface area contributed by atoms with Crippen molar-refractivity contribution in [3.05, 3.63) is 76.0 Å². The average Bonchev–Trinajstić information content (AvgIpc) is 3.41. The van der Waals surface area contributed by atoms with E-state index in [2.05, 4.69) is 34.0 Å². The van der Waals surface area contributed by atoms with E-state index in [0.717, 1.165) is 39.5 Å². The molecule has 0 aliphatic rings. The first-order valence-electron chi connectivity index (χ1n) is 10.0. The summed E-state index contributed by atoms with van der Waals surface area (Å²) in [5.41, 5.74) is 3.17. The van der Waals surface area contributed by atoms with Crippen molar-refractivity contribution in [1.82, 2.24) is 19.7 Å². The van der Waals surface area contributed by atoms with Gasteiger partial charge in [-0.1, -0.05) is 59.3 Å². The van der Waals surface area contributed by atoms with Gasteiger partial charge in [-0.15, -0.1) is 21.5 Å². The maximum absolute atomic E-state index is 6.31. The first kappa shape index (κ1) is 21.9. The van der Waals surface area contributed by atoms with Crippen molar-refractivity contribution in [3.63, 3.8) is 0 Å². The molecular formula is C23H23ClN4OS2. The van der Waals surface area contributed by atoms with E-state index in [0.29, 0.717) is 10.8 Å². The molecule has 31 heavy (non-hydrogen) atoms. The van der Waals surface area contributed by atoms with Gasteiger partial charge < -0.3 is 9.30 Å². The molecule has 2 aromatic heterocycles. The summed E-state index contributed by atoms with van der Waals surface area (Å²) in [6.45, 7) is 6.92. The topological polar surface area (TPSA) is 52.8 Å². The number of hydrogen-bond donors (Lipinski definition) is 0. The highest BCUT2D eigenvalue weighted by molar-refractivity contribution is 7.98. The fraction of sp³-hybridized carbons (Fsp3) is 0.261. The van der Waals surface area contributed by atoms with Gasteiger partial charge >= 0.3 is 0 Å². The number of thioether (sulfide) groups is 1. The summed E-state index contributed by atoms with van der Waals surface area (Å²) in [6, 6.07) is 15.8. The number of hydrogen-bond acceptors (Lipinski definition) is 6. The maximum atomic E-state index is 6.31. The number of aryl methyl sites for hydroxylation is 1. The van der Waals surface area contributed by atoms with Crippen LogP contribution >= 0.6 is 34.7 Å². The summed E-state index contributed by atoms with van der Waals surface area (Å²) in [5.74, 6) is 2.36. The third-order valence-electron chi connectivity index (χ3n) is 4.76. The Labute approximate surface area is 195 Å². The number of thiazole rings is 1. The molecule has 0 spiro atoms. The Morgan fingerprint density at radius 2 is 1.90 bits per heavy atom. The van der Waals surface area contributed by atoms with Crippen LogP contribution in [0.4, 0.5) is 0 Å². The number of halogens is 1. The standard InChI is InChI=1S/C23H23ClN4OS2/c1-4-28-21(16(3)29-18-11-9-15(2)10-12-18)26-27-23(28)31-14-17-13-30-22(25-17)19-7-5-6-8-20(19)24/h5-13,16H,4,14H2,1-3H3. The number of benzene rings is 2. The SMILES string of the molecule is CCn1c(SCc2csc(-c3ccccc3Cl)n2)nnc1C(C)Oc1ccc(C)cc1. The molecule has 0 N–H and O–H groups in total. The van der Waals surface area contributed by atoms with E-state index in [-0.39, 0.29) is 6.10 Å². The number of rotatable bonds is 8. The molecule has 0 aliphatic heterocycles. The lowest BCUT2D eigenvalue weighted by molar-refractivity contribution is 0.210. The summed E-state index contributed by atoms with van der Waals surface area (Å²) in [5, 5.41) is 13.4. The minimum atomic E-state index is -0.199. The molecule has 0 bridgehead atoms. The Morgan fingerprint density at radius 1 is 1.13 bits per heavy atom. The van der Waals surface area contributed by atoms with Crippen molar-refractivity contribution in [2.45, 2.75) is 44.3 Å². The Balaban J connectivity index is 1.44. The van der Waals surface area contributed by atoms with Crippen molar-refractivity contribution >= 4 is 34.7 Å². The second kappa shape index (κ2) is 9.85. The largest absolute Gasteiger partial charge is 0.483 e. The first-order valence-corrected chi connectivity index (χ1v) is 12.3. The zero-order chi connectivity index (χ0) is 21.8. The zero-order valence-corrected chi connectivity index (χ0v) is 20.0. The fourth-order valence-electron chi connectivity index (χ4n) is 3.15. The molecule has 1 unspecified atom stereocenters. The van der Waals surface area contributed by atoms with Crippen molar-refractivity contribution < 1.29 is 4.74 Å². The Kier molecular flexibility index (Phi) is 6.95.